The van der Waals surface area contributed by atoms with Crippen LogP contribution < -0.4 is 10.6 Å². The molecule has 1 atom stereocenters. The summed E-state index contributed by atoms with van der Waals surface area (Å²) in [7, 11) is 0. The number of alkyl halides is 3. The Kier molecular flexibility index (Phi) is 4.25. The molecule has 1 amide bonds. The molecule has 0 saturated heterocycles. The number of amides is 1. The van der Waals surface area contributed by atoms with E-state index in [4.69, 9.17) is 0 Å². The molecule has 3 aromatic rings. The molecule has 0 radical (unpaired) electrons. The van der Waals surface area contributed by atoms with Crippen LogP contribution in [0.5, 0.6) is 0 Å². The molecule has 0 unspecified atom stereocenters. The molecule has 10 heteroatoms. The molecule has 7 nitrogen and oxygen atoms in total. The lowest BCUT2D eigenvalue weighted by Gasteiger charge is -2.18. The van der Waals surface area contributed by atoms with Gasteiger partial charge in [0.05, 0.1) is 11.3 Å². The normalized spacial score (nSPS) is 14.5. The number of halogens is 3. The maximum Gasteiger partial charge on any atom is 0.408 e. The van der Waals surface area contributed by atoms with Crippen molar-refractivity contribution in [2.45, 2.75) is 25.7 Å². The third kappa shape index (κ3) is 3.17. The number of carbonyl (C=O) groups is 1. The molecule has 1 aromatic carbocycles. The lowest BCUT2D eigenvalue weighted by molar-refractivity contribution is -0.162. The third-order valence-electron chi connectivity index (χ3n) is 4.52. The summed E-state index contributed by atoms with van der Waals surface area (Å²) < 4.78 is 40.2. The molecule has 4 rings (SSSR count). The predicted octanol–water partition coefficient (Wildman–Crippen LogP) is 3.45. The van der Waals surface area contributed by atoms with Gasteiger partial charge in [0.15, 0.2) is 5.82 Å². The van der Waals surface area contributed by atoms with Crippen LogP contribution in [0.3, 0.4) is 0 Å². The largest absolute Gasteiger partial charge is 0.408 e. The molecule has 0 aliphatic carbocycles. The van der Waals surface area contributed by atoms with E-state index in [0.29, 0.717) is 23.6 Å². The van der Waals surface area contributed by atoms with Gasteiger partial charge in [-0.15, -0.1) is 10.2 Å². The van der Waals surface area contributed by atoms with Crippen LogP contribution in [0.4, 0.5) is 24.7 Å². The minimum Gasteiger partial charge on any atom is -0.348 e. The second kappa shape index (κ2) is 6.63. The van der Waals surface area contributed by atoms with Gasteiger partial charge in [-0.25, -0.2) is 4.98 Å². The SMILES string of the molecule is C[C@H](n1cnnc1-c1cccc(Nc2cccc3c2C(=O)NC3)n1)C(F)(F)F. The quantitative estimate of drug-likeness (QED) is 0.715. The Labute approximate surface area is 157 Å². The number of fused-ring (bicyclic) bond motifs is 1. The van der Waals surface area contributed by atoms with E-state index in [0.717, 1.165) is 23.4 Å². The van der Waals surface area contributed by atoms with Crippen LogP contribution in [0.25, 0.3) is 11.5 Å². The summed E-state index contributed by atoms with van der Waals surface area (Å²) in [6, 6.07) is 8.46. The van der Waals surface area contributed by atoms with E-state index in [2.05, 4.69) is 25.8 Å². The van der Waals surface area contributed by atoms with Gasteiger partial charge in [-0.3, -0.25) is 4.79 Å². The monoisotopic (exact) mass is 388 g/mol. The lowest BCUT2D eigenvalue weighted by Crippen LogP contribution is -2.24. The summed E-state index contributed by atoms with van der Waals surface area (Å²) in [5.74, 6) is 0.192. The summed E-state index contributed by atoms with van der Waals surface area (Å²) in [6.45, 7) is 1.48. The maximum absolute atomic E-state index is 13.1. The van der Waals surface area contributed by atoms with Gasteiger partial charge in [0.1, 0.15) is 23.9 Å². The number of nitrogens with one attached hydrogen (secondary N) is 2. The fourth-order valence-corrected chi connectivity index (χ4v) is 3.02. The highest BCUT2D eigenvalue weighted by Crippen LogP contribution is 2.33. The molecule has 3 heterocycles. The first-order chi connectivity index (χ1) is 13.3. The highest BCUT2D eigenvalue weighted by atomic mass is 19.4. The number of benzene rings is 1. The molecular formula is C18H15F3N6O. The second-order valence-electron chi connectivity index (χ2n) is 6.33. The highest BCUT2D eigenvalue weighted by Gasteiger charge is 2.38. The minimum absolute atomic E-state index is 0.00417. The van der Waals surface area contributed by atoms with Gasteiger partial charge in [0.25, 0.3) is 5.91 Å². The summed E-state index contributed by atoms with van der Waals surface area (Å²) in [6.07, 6.45) is -3.41. The summed E-state index contributed by atoms with van der Waals surface area (Å²) >= 11 is 0. The predicted molar refractivity (Wildman–Crippen MR) is 94.9 cm³/mol. The van der Waals surface area contributed by atoms with Crippen LogP contribution in [0.2, 0.25) is 0 Å². The van der Waals surface area contributed by atoms with Crippen LogP contribution in [0.1, 0.15) is 28.9 Å². The molecule has 0 saturated carbocycles. The van der Waals surface area contributed by atoms with Crippen molar-refractivity contribution in [3.05, 3.63) is 53.9 Å². The molecule has 1 aliphatic rings. The number of hydrogen-bond donors (Lipinski definition) is 2. The van der Waals surface area contributed by atoms with Crippen molar-refractivity contribution in [3.63, 3.8) is 0 Å². The van der Waals surface area contributed by atoms with Crippen molar-refractivity contribution >= 4 is 17.4 Å². The molecular weight excluding hydrogens is 373 g/mol. The van der Waals surface area contributed by atoms with Gasteiger partial charge in [0.2, 0.25) is 0 Å². The minimum atomic E-state index is -4.44. The number of pyridine rings is 1. The standard InChI is InChI=1S/C18H15F3N6O/c1-10(18(19,20)21)27-9-23-26-16(27)13-6-3-7-14(25-13)24-12-5-2-4-11-8-22-17(28)15(11)12/h2-7,9-10H,8H2,1H3,(H,22,28)(H,24,25)/t10-/m0/s1. The molecule has 0 bridgehead atoms. The number of carbonyl (C=O) groups excluding carboxylic acids is 1. The van der Waals surface area contributed by atoms with Gasteiger partial charge in [0, 0.05) is 6.54 Å². The number of nitrogens with zero attached hydrogens (tertiary/aromatic N) is 4. The molecule has 2 aromatic heterocycles. The molecule has 1 aliphatic heterocycles. The van der Waals surface area contributed by atoms with Crippen molar-refractivity contribution in [2.24, 2.45) is 0 Å². The van der Waals surface area contributed by atoms with Gasteiger partial charge >= 0.3 is 6.18 Å². The van der Waals surface area contributed by atoms with E-state index in [1.165, 1.54) is 0 Å². The smallest absolute Gasteiger partial charge is 0.348 e. The van der Waals surface area contributed by atoms with E-state index in [9.17, 15) is 18.0 Å². The third-order valence-corrected chi connectivity index (χ3v) is 4.52. The van der Waals surface area contributed by atoms with E-state index in [-0.39, 0.29) is 17.4 Å². The molecule has 0 spiro atoms. The molecule has 0 fully saturated rings. The van der Waals surface area contributed by atoms with Crippen LogP contribution in [0, 0.1) is 0 Å². The Balaban J connectivity index is 1.67. The molecule has 144 valence electrons. The zero-order valence-corrected chi connectivity index (χ0v) is 14.7. The lowest BCUT2D eigenvalue weighted by atomic mass is 10.1. The summed E-state index contributed by atoms with van der Waals surface area (Å²) in [4.78, 5) is 16.4. The Hall–Kier alpha value is -3.43. The van der Waals surface area contributed by atoms with Crippen LogP contribution in [-0.4, -0.2) is 31.8 Å². The molecule has 28 heavy (non-hydrogen) atoms. The van der Waals surface area contributed by atoms with E-state index in [1.807, 2.05) is 12.1 Å². The Bertz CT molecular complexity index is 1050. The highest BCUT2D eigenvalue weighted by molar-refractivity contribution is 6.04. The van der Waals surface area contributed by atoms with Gasteiger partial charge < -0.3 is 15.2 Å². The van der Waals surface area contributed by atoms with Crippen LogP contribution in [0.15, 0.2) is 42.7 Å². The van der Waals surface area contributed by atoms with E-state index >= 15 is 0 Å². The number of hydrogen-bond acceptors (Lipinski definition) is 5. The number of rotatable bonds is 4. The molecule has 2 N–H and O–H groups in total. The van der Waals surface area contributed by atoms with E-state index < -0.39 is 12.2 Å². The fraction of sp³-hybridized carbons (Fsp3) is 0.222. The average molecular weight is 388 g/mol. The Morgan fingerprint density at radius 2 is 2.00 bits per heavy atom. The van der Waals surface area contributed by atoms with Crippen LogP contribution in [-0.2, 0) is 6.54 Å². The second-order valence-corrected chi connectivity index (χ2v) is 6.33. The zero-order chi connectivity index (χ0) is 19.9. The Morgan fingerprint density at radius 3 is 2.79 bits per heavy atom. The van der Waals surface area contributed by atoms with Crippen molar-refractivity contribution in [3.8, 4) is 11.5 Å². The first-order valence-electron chi connectivity index (χ1n) is 8.45. The fourth-order valence-electron chi connectivity index (χ4n) is 3.02. The average Bonchev–Trinajstić information content (AvgIpc) is 3.28. The van der Waals surface area contributed by atoms with Crippen molar-refractivity contribution < 1.29 is 18.0 Å². The van der Waals surface area contributed by atoms with Gasteiger partial charge in [-0.1, -0.05) is 18.2 Å². The maximum atomic E-state index is 13.1. The zero-order valence-electron chi connectivity index (χ0n) is 14.7. The van der Waals surface area contributed by atoms with Crippen molar-refractivity contribution in [2.75, 3.05) is 5.32 Å². The number of anilines is 2. The first kappa shape index (κ1) is 18.0. The van der Waals surface area contributed by atoms with E-state index in [1.54, 1.807) is 24.3 Å². The first-order valence-corrected chi connectivity index (χ1v) is 8.45. The Morgan fingerprint density at radius 1 is 1.21 bits per heavy atom. The summed E-state index contributed by atoms with van der Waals surface area (Å²) in [5, 5.41) is 13.2. The van der Waals surface area contributed by atoms with Crippen LogP contribution >= 0.6 is 0 Å². The number of aromatic nitrogens is 4. The van der Waals surface area contributed by atoms with Gasteiger partial charge in [-0.2, -0.15) is 13.2 Å². The van der Waals surface area contributed by atoms with Crippen molar-refractivity contribution in [1.82, 2.24) is 25.1 Å². The summed E-state index contributed by atoms with van der Waals surface area (Å²) in [5.41, 5.74) is 2.20. The topological polar surface area (TPSA) is 84.7 Å². The van der Waals surface area contributed by atoms with Crippen molar-refractivity contribution in [1.29, 1.82) is 0 Å². The van der Waals surface area contributed by atoms with Gasteiger partial charge in [-0.05, 0) is 30.7 Å².